The molecule has 124 valence electrons. The van der Waals surface area contributed by atoms with E-state index in [-0.39, 0.29) is 23.9 Å². The summed E-state index contributed by atoms with van der Waals surface area (Å²) < 4.78 is 5.31. The molecule has 1 N–H and O–H groups in total. The first-order valence-electron chi connectivity index (χ1n) is 8.12. The van der Waals surface area contributed by atoms with E-state index in [1.165, 1.54) is 0 Å². The smallest absolute Gasteiger partial charge is 0.310 e. The van der Waals surface area contributed by atoms with Crippen LogP contribution in [-0.2, 0) is 14.3 Å². The van der Waals surface area contributed by atoms with E-state index in [0.29, 0.717) is 12.8 Å². The van der Waals surface area contributed by atoms with Crippen molar-refractivity contribution < 1.29 is 14.3 Å². The molecular formula is C19H25NO3. The molecule has 1 aliphatic rings. The van der Waals surface area contributed by atoms with Crippen molar-refractivity contribution >= 4 is 17.6 Å². The lowest BCUT2D eigenvalue weighted by atomic mass is 9.82. The number of nitrogens with one attached hydrogen (secondary N) is 1. The van der Waals surface area contributed by atoms with E-state index in [1.807, 2.05) is 58.0 Å². The molecule has 0 aliphatic heterocycles. The number of anilines is 1. The van der Waals surface area contributed by atoms with Crippen molar-refractivity contribution in [1.29, 1.82) is 0 Å². The van der Waals surface area contributed by atoms with Crippen LogP contribution in [0.1, 0.15) is 37.8 Å². The Morgan fingerprint density at radius 3 is 2.39 bits per heavy atom. The summed E-state index contributed by atoms with van der Waals surface area (Å²) >= 11 is 0. The van der Waals surface area contributed by atoms with Gasteiger partial charge in [0.05, 0.1) is 17.9 Å². The first kappa shape index (κ1) is 17.3. The van der Waals surface area contributed by atoms with Gasteiger partial charge >= 0.3 is 5.97 Å². The van der Waals surface area contributed by atoms with E-state index >= 15 is 0 Å². The second kappa shape index (κ2) is 7.44. The fourth-order valence-corrected chi connectivity index (χ4v) is 2.86. The van der Waals surface area contributed by atoms with Crippen LogP contribution >= 0.6 is 0 Å². The highest BCUT2D eigenvalue weighted by Crippen LogP contribution is 2.29. The highest BCUT2D eigenvalue weighted by atomic mass is 16.5. The Kier molecular flexibility index (Phi) is 5.59. The van der Waals surface area contributed by atoms with Crippen LogP contribution in [0.3, 0.4) is 0 Å². The predicted octanol–water partition coefficient (Wildman–Crippen LogP) is 3.78. The monoisotopic (exact) mass is 315 g/mol. The van der Waals surface area contributed by atoms with Gasteiger partial charge in [0.1, 0.15) is 0 Å². The molecule has 0 radical (unpaired) electrons. The molecule has 23 heavy (non-hydrogen) atoms. The first-order valence-corrected chi connectivity index (χ1v) is 8.12. The van der Waals surface area contributed by atoms with E-state index in [2.05, 4.69) is 5.32 Å². The van der Waals surface area contributed by atoms with Gasteiger partial charge in [0.2, 0.25) is 5.91 Å². The molecule has 1 aromatic carbocycles. The SMILES string of the molecule is Cc1ccc(NC(=O)[C@@H]2CC=CC[C@@H]2C(=O)OC(C)C)c(C)c1. The van der Waals surface area contributed by atoms with Crippen molar-refractivity contribution in [3.05, 3.63) is 41.5 Å². The van der Waals surface area contributed by atoms with E-state index in [4.69, 9.17) is 4.74 Å². The maximum atomic E-state index is 12.7. The van der Waals surface area contributed by atoms with Crippen molar-refractivity contribution in [3.8, 4) is 0 Å². The highest BCUT2D eigenvalue weighted by Gasteiger charge is 2.35. The van der Waals surface area contributed by atoms with Crippen molar-refractivity contribution in [2.45, 2.75) is 46.6 Å². The number of amides is 1. The third-order valence-electron chi connectivity index (χ3n) is 4.06. The fraction of sp³-hybridized carbons (Fsp3) is 0.474. The van der Waals surface area contributed by atoms with E-state index in [1.54, 1.807) is 0 Å². The lowest BCUT2D eigenvalue weighted by Gasteiger charge is -2.27. The van der Waals surface area contributed by atoms with Crippen LogP contribution in [0.15, 0.2) is 30.4 Å². The van der Waals surface area contributed by atoms with Crippen LogP contribution in [0.2, 0.25) is 0 Å². The van der Waals surface area contributed by atoms with Gasteiger partial charge in [-0.15, -0.1) is 0 Å². The van der Waals surface area contributed by atoms with E-state index in [0.717, 1.165) is 16.8 Å². The summed E-state index contributed by atoms with van der Waals surface area (Å²) in [5.41, 5.74) is 2.97. The van der Waals surface area contributed by atoms with E-state index in [9.17, 15) is 9.59 Å². The highest BCUT2D eigenvalue weighted by molar-refractivity contribution is 5.96. The van der Waals surface area contributed by atoms with Gasteiger partial charge in [0.25, 0.3) is 0 Å². The third kappa shape index (κ3) is 4.44. The lowest BCUT2D eigenvalue weighted by molar-refractivity contribution is -0.156. The molecule has 4 nitrogen and oxygen atoms in total. The van der Waals surface area contributed by atoms with Gasteiger partial charge in [0.15, 0.2) is 0 Å². The average Bonchev–Trinajstić information content (AvgIpc) is 2.49. The summed E-state index contributed by atoms with van der Waals surface area (Å²) in [6, 6.07) is 5.90. The third-order valence-corrected chi connectivity index (χ3v) is 4.06. The Morgan fingerprint density at radius 1 is 1.13 bits per heavy atom. The van der Waals surface area contributed by atoms with Gasteiger partial charge in [-0.05, 0) is 52.2 Å². The second-order valence-electron chi connectivity index (χ2n) is 6.45. The van der Waals surface area contributed by atoms with Crippen LogP contribution in [0.4, 0.5) is 5.69 Å². The van der Waals surface area contributed by atoms with Crippen LogP contribution in [0, 0.1) is 25.7 Å². The molecule has 0 heterocycles. The number of hydrogen-bond donors (Lipinski definition) is 1. The number of allylic oxidation sites excluding steroid dienone is 2. The summed E-state index contributed by atoms with van der Waals surface area (Å²) in [7, 11) is 0. The quantitative estimate of drug-likeness (QED) is 0.679. The molecule has 0 saturated heterocycles. The molecule has 0 saturated carbocycles. The zero-order valence-electron chi connectivity index (χ0n) is 14.3. The number of ether oxygens (including phenoxy) is 1. The zero-order chi connectivity index (χ0) is 17.0. The maximum Gasteiger partial charge on any atom is 0.310 e. The number of carbonyl (C=O) groups is 2. The van der Waals surface area contributed by atoms with Crippen molar-refractivity contribution in [2.75, 3.05) is 5.32 Å². The second-order valence-corrected chi connectivity index (χ2v) is 6.45. The summed E-state index contributed by atoms with van der Waals surface area (Å²) in [4.78, 5) is 24.9. The maximum absolute atomic E-state index is 12.7. The van der Waals surface area contributed by atoms with Gasteiger partial charge in [-0.3, -0.25) is 9.59 Å². The molecule has 0 fully saturated rings. The summed E-state index contributed by atoms with van der Waals surface area (Å²) in [6.07, 6.45) is 4.86. The van der Waals surface area contributed by atoms with E-state index < -0.39 is 5.92 Å². The largest absolute Gasteiger partial charge is 0.463 e. The van der Waals surface area contributed by atoms with Gasteiger partial charge < -0.3 is 10.1 Å². The fourth-order valence-electron chi connectivity index (χ4n) is 2.86. The minimum atomic E-state index is -0.409. The van der Waals surface area contributed by atoms with Crippen LogP contribution in [0.25, 0.3) is 0 Å². The van der Waals surface area contributed by atoms with Crippen molar-refractivity contribution in [2.24, 2.45) is 11.8 Å². The summed E-state index contributed by atoms with van der Waals surface area (Å²) in [5.74, 6) is -1.20. The molecule has 0 bridgehead atoms. The number of hydrogen-bond acceptors (Lipinski definition) is 3. The zero-order valence-corrected chi connectivity index (χ0v) is 14.3. The average molecular weight is 315 g/mol. The number of aryl methyl sites for hydroxylation is 2. The first-order chi connectivity index (χ1) is 10.9. The molecule has 0 unspecified atom stereocenters. The molecule has 0 aromatic heterocycles. The van der Waals surface area contributed by atoms with Crippen LogP contribution < -0.4 is 5.32 Å². The molecule has 2 rings (SSSR count). The van der Waals surface area contributed by atoms with Gasteiger partial charge in [-0.1, -0.05) is 29.8 Å². The van der Waals surface area contributed by atoms with Gasteiger partial charge in [0, 0.05) is 5.69 Å². The minimum Gasteiger partial charge on any atom is -0.463 e. The summed E-state index contributed by atoms with van der Waals surface area (Å²) in [5, 5.41) is 2.96. The molecule has 1 aromatic rings. The van der Waals surface area contributed by atoms with Crippen LogP contribution in [-0.4, -0.2) is 18.0 Å². The predicted molar refractivity (Wildman–Crippen MR) is 91.1 cm³/mol. The molecular weight excluding hydrogens is 290 g/mol. The Bertz CT molecular complexity index is 619. The van der Waals surface area contributed by atoms with Gasteiger partial charge in [-0.2, -0.15) is 0 Å². The molecule has 1 amide bonds. The molecule has 4 heteroatoms. The Morgan fingerprint density at radius 2 is 1.78 bits per heavy atom. The Balaban J connectivity index is 2.12. The summed E-state index contributed by atoms with van der Waals surface area (Å²) in [6.45, 7) is 7.62. The topological polar surface area (TPSA) is 55.4 Å². The minimum absolute atomic E-state index is 0.119. The normalized spacial score (nSPS) is 20.4. The van der Waals surface area contributed by atoms with Gasteiger partial charge in [-0.25, -0.2) is 0 Å². The number of benzene rings is 1. The van der Waals surface area contributed by atoms with Crippen molar-refractivity contribution in [1.82, 2.24) is 0 Å². The Hall–Kier alpha value is -2.10. The molecule has 1 aliphatic carbocycles. The number of carbonyl (C=O) groups excluding carboxylic acids is 2. The van der Waals surface area contributed by atoms with Crippen LogP contribution in [0.5, 0.6) is 0 Å². The Labute approximate surface area is 137 Å². The van der Waals surface area contributed by atoms with Crippen molar-refractivity contribution in [3.63, 3.8) is 0 Å². The number of rotatable bonds is 4. The number of esters is 1. The standard InChI is InChI=1S/C19H25NO3/c1-12(2)23-19(22)16-8-6-5-7-15(16)18(21)20-17-10-9-13(3)11-14(17)4/h5-6,9-12,15-16H,7-8H2,1-4H3,(H,20,21)/t15-,16+/m1/s1. The lowest BCUT2D eigenvalue weighted by Crippen LogP contribution is -2.36. The molecule has 0 spiro atoms. The molecule has 2 atom stereocenters.